The number of carbonyl (C=O) groups is 1. The molecular weight excluding hydrogens is 336 g/mol. The largest absolute Gasteiger partial charge is 0.342 e. The van der Waals surface area contributed by atoms with Gasteiger partial charge in [-0.1, -0.05) is 6.07 Å². The Hall–Kier alpha value is -2.61. The lowest BCUT2D eigenvalue weighted by atomic mass is 10.2. The minimum absolute atomic E-state index is 0.0316. The fourth-order valence-corrected chi connectivity index (χ4v) is 3.07. The average molecular weight is 356 g/mol. The Kier molecular flexibility index (Phi) is 5.49. The Balaban J connectivity index is 1.78. The molecule has 0 saturated heterocycles. The minimum Gasteiger partial charge on any atom is -0.342 e. The Labute approximate surface area is 150 Å². The average Bonchev–Trinajstić information content (AvgIpc) is 3.27. The number of aryl methyl sites for hydroxylation is 1. The number of nitrogens with one attached hydrogen (secondary N) is 1. The Morgan fingerprint density at radius 2 is 2.08 bits per heavy atom. The van der Waals surface area contributed by atoms with Crippen LogP contribution in [-0.4, -0.2) is 42.7 Å². The first-order chi connectivity index (χ1) is 12.2. The van der Waals surface area contributed by atoms with Gasteiger partial charge in [0.1, 0.15) is 6.04 Å². The minimum atomic E-state index is -0.235. The van der Waals surface area contributed by atoms with Crippen molar-refractivity contribution in [2.24, 2.45) is 0 Å². The summed E-state index contributed by atoms with van der Waals surface area (Å²) in [5.41, 5.74) is 1.53. The summed E-state index contributed by atoms with van der Waals surface area (Å²) in [5.74, 6) is 1.57. The van der Waals surface area contributed by atoms with Gasteiger partial charge in [-0.25, -0.2) is 0 Å². The molecule has 0 unspecified atom stereocenters. The number of thioether (sulfide) groups is 1. The summed E-state index contributed by atoms with van der Waals surface area (Å²) in [5, 5.41) is 14.5. The van der Waals surface area contributed by atoms with Gasteiger partial charge in [-0.3, -0.25) is 4.79 Å². The summed E-state index contributed by atoms with van der Waals surface area (Å²) in [6, 6.07) is 11.1. The summed E-state index contributed by atoms with van der Waals surface area (Å²) in [7, 11) is 0. The van der Waals surface area contributed by atoms with Crippen LogP contribution in [0.2, 0.25) is 0 Å². The van der Waals surface area contributed by atoms with Crippen molar-refractivity contribution in [3.8, 4) is 5.69 Å². The van der Waals surface area contributed by atoms with E-state index < -0.39 is 0 Å². The zero-order valence-electron chi connectivity index (χ0n) is 14.2. The van der Waals surface area contributed by atoms with Crippen LogP contribution < -0.4 is 5.32 Å². The predicted octanol–water partition coefficient (Wildman–Crippen LogP) is 2.71. The molecule has 0 aliphatic carbocycles. The third-order valence-electron chi connectivity index (χ3n) is 3.87. The van der Waals surface area contributed by atoms with Crippen molar-refractivity contribution in [3.63, 3.8) is 0 Å². The number of anilines is 1. The van der Waals surface area contributed by atoms with Gasteiger partial charge in [0.25, 0.3) is 0 Å². The number of amides is 1. The highest BCUT2D eigenvalue weighted by Crippen LogP contribution is 2.20. The number of hydrogen-bond donors (Lipinski definition) is 1. The summed E-state index contributed by atoms with van der Waals surface area (Å²) in [4.78, 5) is 12.8. The molecule has 2 aromatic heterocycles. The molecule has 0 aliphatic heterocycles. The van der Waals surface area contributed by atoms with Crippen LogP contribution in [0.25, 0.3) is 5.69 Å². The van der Waals surface area contributed by atoms with E-state index in [2.05, 4.69) is 20.8 Å². The van der Waals surface area contributed by atoms with E-state index in [-0.39, 0.29) is 11.9 Å². The first-order valence-electron chi connectivity index (χ1n) is 7.96. The molecule has 25 heavy (non-hydrogen) atoms. The number of nitrogens with zero attached hydrogens (tertiary/aromatic N) is 5. The molecule has 130 valence electrons. The molecule has 3 aromatic rings. The lowest BCUT2D eigenvalue weighted by molar-refractivity contribution is -0.119. The standard InChI is InChI=1S/C17H20N6OS/c1-13-19-20-21-23(13)15-7-5-6-14(12-15)18-17(24)16(8-11-25-2)22-9-3-4-10-22/h3-7,9-10,12,16H,8,11H2,1-2H3,(H,18,24)/t16-/m0/s1. The highest BCUT2D eigenvalue weighted by molar-refractivity contribution is 7.98. The normalized spacial score (nSPS) is 12.1. The highest BCUT2D eigenvalue weighted by Gasteiger charge is 2.19. The van der Waals surface area contributed by atoms with Crippen LogP contribution in [-0.2, 0) is 4.79 Å². The topological polar surface area (TPSA) is 77.6 Å². The Bertz CT molecular complexity index is 829. The molecule has 0 spiro atoms. The SMILES string of the molecule is CSCC[C@@H](C(=O)Nc1cccc(-n2nnnc2C)c1)n1cccc1. The second kappa shape index (κ2) is 7.98. The maximum absolute atomic E-state index is 12.8. The second-order valence-electron chi connectivity index (χ2n) is 5.61. The van der Waals surface area contributed by atoms with Gasteiger partial charge in [0, 0.05) is 18.1 Å². The van der Waals surface area contributed by atoms with Crippen LogP contribution in [0.1, 0.15) is 18.3 Å². The summed E-state index contributed by atoms with van der Waals surface area (Å²) >= 11 is 1.73. The number of benzene rings is 1. The van der Waals surface area contributed by atoms with Crippen molar-refractivity contribution >= 4 is 23.4 Å². The van der Waals surface area contributed by atoms with Crippen LogP contribution in [0, 0.1) is 6.92 Å². The smallest absolute Gasteiger partial charge is 0.247 e. The number of hydrogen-bond acceptors (Lipinski definition) is 5. The number of carbonyl (C=O) groups excluding carboxylic acids is 1. The first-order valence-corrected chi connectivity index (χ1v) is 9.36. The molecule has 1 amide bonds. The van der Waals surface area contributed by atoms with E-state index in [1.165, 1.54) is 0 Å². The summed E-state index contributed by atoms with van der Waals surface area (Å²) < 4.78 is 3.58. The molecule has 1 N–H and O–H groups in total. The zero-order chi connectivity index (χ0) is 17.6. The van der Waals surface area contributed by atoms with Crippen molar-refractivity contribution in [3.05, 3.63) is 54.6 Å². The first kappa shape index (κ1) is 17.2. The van der Waals surface area contributed by atoms with Crippen molar-refractivity contribution in [2.45, 2.75) is 19.4 Å². The van der Waals surface area contributed by atoms with Crippen molar-refractivity contribution in [1.82, 2.24) is 24.8 Å². The van der Waals surface area contributed by atoms with Gasteiger partial charge in [-0.2, -0.15) is 16.4 Å². The number of tetrazole rings is 1. The van der Waals surface area contributed by atoms with Gasteiger partial charge >= 0.3 is 0 Å². The van der Waals surface area contributed by atoms with Crippen molar-refractivity contribution in [1.29, 1.82) is 0 Å². The number of aromatic nitrogens is 5. The third kappa shape index (κ3) is 4.08. The second-order valence-corrected chi connectivity index (χ2v) is 6.59. The van der Waals surface area contributed by atoms with E-state index >= 15 is 0 Å². The molecular formula is C17H20N6OS. The van der Waals surface area contributed by atoms with Crippen LogP contribution >= 0.6 is 11.8 Å². The van der Waals surface area contributed by atoms with Crippen molar-refractivity contribution < 1.29 is 4.79 Å². The molecule has 3 rings (SSSR count). The van der Waals surface area contributed by atoms with E-state index in [1.54, 1.807) is 16.4 Å². The molecule has 0 radical (unpaired) electrons. The summed E-state index contributed by atoms with van der Waals surface area (Å²) in [6.45, 7) is 1.83. The van der Waals surface area contributed by atoms with Crippen LogP contribution in [0.5, 0.6) is 0 Å². The monoisotopic (exact) mass is 356 g/mol. The van der Waals surface area contributed by atoms with Gasteiger partial charge in [0.15, 0.2) is 5.82 Å². The fourth-order valence-electron chi connectivity index (χ4n) is 2.61. The Morgan fingerprint density at radius 1 is 1.28 bits per heavy atom. The van der Waals surface area contributed by atoms with E-state index in [0.717, 1.165) is 23.5 Å². The van der Waals surface area contributed by atoms with Crippen molar-refractivity contribution in [2.75, 3.05) is 17.3 Å². The molecule has 1 atom stereocenters. The van der Waals surface area contributed by atoms with Gasteiger partial charge in [0.05, 0.1) is 5.69 Å². The molecule has 1 aromatic carbocycles. The van der Waals surface area contributed by atoms with Gasteiger partial charge < -0.3 is 9.88 Å². The lowest BCUT2D eigenvalue weighted by Gasteiger charge is -2.18. The van der Waals surface area contributed by atoms with Gasteiger partial charge in [0.2, 0.25) is 5.91 Å². The van der Waals surface area contributed by atoms with Crippen LogP contribution in [0.4, 0.5) is 5.69 Å². The van der Waals surface area contributed by atoms with E-state index in [9.17, 15) is 4.79 Å². The van der Waals surface area contributed by atoms with Gasteiger partial charge in [-0.05, 0) is 66.1 Å². The summed E-state index contributed by atoms with van der Waals surface area (Å²) in [6.07, 6.45) is 6.66. The predicted molar refractivity (Wildman–Crippen MR) is 99.0 cm³/mol. The maximum atomic E-state index is 12.8. The zero-order valence-corrected chi connectivity index (χ0v) is 15.0. The molecule has 2 heterocycles. The fraction of sp³-hybridized carbons (Fsp3) is 0.294. The number of rotatable bonds is 7. The molecule has 7 nitrogen and oxygen atoms in total. The third-order valence-corrected chi connectivity index (χ3v) is 4.51. The van der Waals surface area contributed by atoms with Crippen LogP contribution in [0.15, 0.2) is 48.8 Å². The van der Waals surface area contributed by atoms with Gasteiger partial charge in [-0.15, -0.1) is 5.10 Å². The molecule has 0 bridgehead atoms. The maximum Gasteiger partial charge on any atom is 0.247 e. The molecule has 0 aliphatic rings. The van der Waals surface area contributed by atoms with E-state index in [0.29, 0.717) is 5.82 Å². The molecule has 0 saturated carbocycles. The highest BCUT2D eigenvalue weighted by atomic mass is 32.2. The quantitative estimate of drug-likeness (QED) is 0.704. The van der Waals surface area contributed by atoms with Crippen LogP contribution in [0.3, 0.4) is 0 Å². The lowest BCUT2D eigenvalue weighted by Crippen LogP contribution is -2.26. The Morgan fingerprint density at radius 3 is 2.76 bits per heavy atom. The molecule has 0 fully saturated rings. The molecule has 8 heteroatoms. The van der Waals surface area contributed by atoms with E-state index in [1.807, 2.05) is 66.5 Å². The van der Waals surface area contributed by atoms with E-state index in [4.69, 9.17) is 0 Å².